The Bertz CT molecular complexity index is 502. The van der Waals surface area contributed by atoms with Crippen LogP contribution in [0.25, 0.3) is 0 Å². The molecule has 0 aliphatic carbocycles. The van der Waals surface area contributed by atoms with E-state index in [-0.39, 0.29) is 17.9 Å². The van der Waals surface area contributed by atoms with Crippen LogP contribution < -0.4 is 5.32 Å². The molecule has 1 unspecified atom stereocenters. The summed E-state index contributed by atoms with van der Waals surface area (Å²) in [5.41, 5.74) is 1.02. The van der Waals surface area contributed by atoms with Crippen molar-refractivity contribution in [2.45, 2.75) is 38.7 Å². The summed E-state index contributed by atoms with van der Waals surface area (Å²) in [6, 6.07) is 7.67. The van der Waals surface area contributed by atoms with Crippen LogP contribution in [-0.2, 0) is 11.2 Å². The predicted octanol–water partition coefficient (Wildman–Crippen LogP) is 2.48. The summed E-state index contributed by atoms with van der Waals surface area (Å²) >= 11 is 6.14. The van der Waals surface area contributed by atoms with Gasteiger partial charge in [0.25, 0.3) is 0 Å². The van der Waals surface area contributed by atoms with Crippen molar-refractivity contribution in [1.29, 1.82) is 0 Å². The van der Waals surface area contributed by atoms with Gasteiger partial charge in [-0.2, -0.15) is 0 Å². The van der Waals surface area contributed by atoms with Crippen LogP contribution in [-0.4, -0.2) is 48.2 Å². The Hall–Kier alpha value is -1.10. The number of benzene rings is 1. The summed E-state index contributed by atoms with van der Waals surface area (Å²) in [5.74, 6) is -0.000908. The Kier molecular flexibility index (Phi) is 7.34. The largest absolute Gasteiger partial charge is 0.393 e. The minimum absolute atomic E-state index is 0.0824. The summed E-state index contributed by atoms with van der Waals surface area (Å²) in [6.45, 7) is 5.53. The molecule has 4 nitrogen and oxygen atoms in total. The summed E-state index contributed by atoms with van der Waals surface area (Å²) in [5, 5.41) is 13.2. The maximum Gasteiger partial charge on any atom is 0.223 e. The molecule has 0 spiro atoms. The van der Waals surface area contributed by atoms with E-state index in [1.807, 2.05) is 31.2 Å². The van der Waals surface area contributed by atoms with Crippen LogP contribution in [0.2, 0.25) is 5.02 Å². The molecule has 1 saturated heterocycles. The molecular formula is C18H27ClN2O2. The molecule has 1 aliphatic heterocycles. The highest BCUT2D eigenvalue weighted by Gasteiger charge is 2.17. The van der Waals surface area contributed by atoms with Crippen LogP contribution in [0.5, 0.6) is 0 Å². The van der Waals surface area contributed by atoms with E-state index in [9.17, 15) is 9.90 Å². The molecule has 0 radical (unpaired) electrons. The van der Waals surface area contributed by atoms with Crippen molar-refractivity contribution in [3.8, 4) is 0 Å². The molecule has 128 valence electrons. The monoisotopic (exact) mass is 338 g/mol. The number of hydrogen-bond donors (Lipinski definition) is 2. The summed E-state index contributed by atoms with van der Waals surface area (Å²) < 4.78 is 0. The van der Waals surface area contributed by atoms with E-state index in [4.69, 9.17) is 11.6 Å². The SMILES string of the molecule is CC(Cc1ccccc1Cl)C(=O)NCCCN1CCC(O)CC1. The molecule has 1 aromatic carbocycles. The van der Waals surface area contributed by atoms with Crippen molar-refractivity contribution in [3.05, 3.63) is 34.9 Å². The van der Waals surface area contributed by atoms with Crippen LogP contribution in [0.1, 0.15) is 31.7 Å². The number of aliphatic hydroxyl groups is 1. The number of nitrogens with one attached hydrogen (secondary N) is 1. The second kappa shape index (κ2) is 9.26. The number of nitrogens with zero attached hydrogens (tertiary/aromatic N) is 1. The number of hydrogen-bond acceptors (Lipinski definition) is 3. The maximum absolute atomic E-state index is 12.2. The molecule has 1 heterocycles. The number of aliphatic hydroxyl groups excluding tert-OH is 1. The fourth-order valence-electron chi connectivity index (χ4n) is 2.92. The molecule has 0 aromatic heterocycles. The third-order valence-corrected chi connectivity index (χ3v) is 4.81. The summed E-state index contributed by atoms with van der Waals surface area (Å²) in [7, 11) is 0. The first kappa shape index (κ1) is 18.2. The molecule has 5 heteroatoms. The fraction of sp³-hybridized carbons (Fsp3) is 0.611. The highest BCUT2D eigenvalue weighted by Crippen LogP contribution is 2.18. The highest BCUT2D eigenvalue weighted by atomic mass is 35.5. The van der Waals surface area contributed by atoms with E-state index in [1.165, 1.54) is 0 Å². The van der Waals surface area contributed by atoms with Crippen molar-refractivity contribution in [2.75, 3.05) is 26.2 Å². The zero-order valence-electron chi connectivity index (χ0n) is 13.8. The minimum Gasteiger partial charge on any atom is -0.393 e. The van der Waals surface area contributed by atoms with Gasteiger partial charge in [0.2, 0.25) is 5.91 Å². The predicted molar refractivity (Wildman–Crippen MR) is 93.6 cm³/mol. The lowest BCUT2D eigenvalue weighted by atomic mass is 10.0. The normalized spacial score (nSPS) is 17.9. The summed E-state index contributed by atoms with van der Waals surface area (Å²) in [4.78, 5) is 14.5. The summed E-state index contributed by atoms with van der Waals surface area (Å²) in [6.07, 6.45) is 3.20. The number of amides is 1. The van der Waals surface area contributed by atoms with Crippen LogP contribution in [0, 0.1) is 5.92 Å². The van der Waals surface area contributed by atoms with E-state index < -0.39 is 0 Å². The molecule has 2 rings (SSSR count). The van der Waals surface area contributed by atoms with Gasteiger partial charge in [-0.1, -0.05) is 36.7 Å². The number of piperidine rings is 1. The molecule has 1 aromatic rings. The van der Waals surface area contributed by atoms with Crippen LogP contribution in [0.4, 0.5) is 0 Å². The molecule has 1 atom stereocenters. The first-order valence-corrected chi connectivity index (χ1v) is 8.85. The van der Waals surface area contributed by atoms with E-state index in [2.05, 4.69) is 10.2 Å². The molecule has 1 fully saturated rings. The van der Waals surface area contributed by atoms with Crippen molar-refractivity contribution >= 4 is 17.5 Å². The van der Waals surface area contributed by atoms with Gasteiger partial charge < -0.3 is 15.3 Å². The lowest BCUT2D eigenvalue weighted by Gasteiger charge is -2.29. The molecule has 1 amide bonds. The van der Waals surface area contributed by atoms with Gasteiger partial charge in [-0.15, -0.1) is 0 Å². The Morgan fingerprint density at radius 1 is 1.39 bits per heavy atom. The fourth-order valence-corrected chi connectivity index (χ4v) is 3.13. The Labute approximate surface area is 143 Å². The van der Waals surface area contributed by atoms with E-state index in [1.54, 1.807) is 0 Å². The number of likely N-dealkylation sites (tertiary alicyclic amines) is 1. The third kappa shape index (κ3) is 6.13. The first-order valence-electron chi connectivity index (χ1n) is 8.48. The first-order chi connectivity index (χ1) is 11.1. The zero-order valence-corrected chi connectivity index (χ0v) is 14.6. The Morgan fingerprint density at radius 2 is 2.09 bits per heavy atom. The van der Waals surface area contributed by atoms with Crippen molar-refractivity contribution in [1.82, 2.24) is 10.2 Å². The minimum atomic E-state index is -0.128. The van der Waals surface area contributed by atoms with Crippen LogP contribution in [0.3, 0.4) is 0 Å². The third-order valence-electron chi connectivity index (χ3n) is 4.44. The van der Waals surface area contributed by atoms with Gasteiger partial charge in [-0.3, -0.25) is 4.79 Å². The number of carbonyl (C=O) groups is 1. The molecule has 0 bridgehead atoms. The van der Waals surface area contributed by atoms with Gasteiger partial charge in [-0.25, -0.2) is 0 Å². The lowest BCUT2D eigenvalue weighted by Crippen LogP contribution is -2.38. The van der Waals surface area contributed by atoms with Crippen molar-refractivity contribution in [3.63, 3.8) is 0 Å². The number of halogens is 1. The van der Waals surface area contributed by atoms with Gasteiger partial charge in [0.05, 0.1) is 6.10 Å². The molecule has 1 aliphatic rings. The van der Waals surface area contributed by atoms with E-state index >= 15 is 0 Å². The lowest BCUT2D eigenvalue weighted by molar-refractivity contribution is -0.124. The second-order valence-corrected chi connectivity index (χ2v) is 6.82. The molecule has 23 heavy (non-hydrogen) atoms. The Balaban J connectivity index is 1.63. The van der Waals surface area contributed by atoms with Crippen LogP contribution in [0.15, 0.2) is 24.3 Å². The standard InChI is InChI=1S/C18H27ClN2O2/c1-14(13-15-5-2-3-6-17(15)19)18(23)20-9-4-10-21-11-7-16(22)8-12-21/h2-3,5-6,14,16,22H,4,7-13H2,1H3,(H,20,23). The second-order valence-electron chi connectivity index (χ2n) is 6.41. The van der Waals surface area contributed by atoms with Gasteiger partial charge >= 0.3 is 0 Å². The smallest absolute Gasteiger partial charge is 0.223 e. The van der Waals surface area contributed by atoms with Crippen LogP contribution >= 0.6 is 11.6 Å². The number of rotatable bonds is 7. The van der Waals surface area contributed by atoms with Gasteiger partial charge in [0, 0.05) is 30.6 Å². The van der Waals surface area contributed by atoms with Crippen molar-refractivity contribution < 1.29 is 9.90 Å². The van der Waals surface area contributed by atoms with Gasteiger partial charge in [-0.05, 0) is 43.9 Å². The quantitative estimate of drug-likeness (QED) is 0.751. The average Bonchev–Trinajstić information content (AvgIpc) is 2.55. The van der Waals surface area contributed by atoms with Gasteiger partial charge in [0.1, 0.15) is 0 Å². The Morgan fingerprint density at radius 3 is 2.78 bits per heavy atom. The highest BCUT2D eigenvalue weighted by molar-refractivity contribution is 6.31. The van der Waals surface area contributed by atoms with Gasteiger partial charge in [0.15, 0.2) is 0 Å². The maximum atomic E-state index is 12.2. The van der Waals surface area contributed by atoms with E-state index in [0.717, 1.165) is 49.5 Å². The van der Waals surface area contributed by atoms with Crippen molar-refractivity contribution in [2.24, 2.45) is 5.92 Å². The molecule has 0 saturated carbocycles. The number of carbonyl (C=O) groups excluding carboxylic acids is 1. The topological polar surface area (TPSA) is 52.6 Å². The zero-order chi connectivity index (χ0) is 16.7. The van der Waals surface area contributed by atoms with E-state index in [0.29, 0.717) is 13.0 Å². The molecule has 2 N–H and O–H groups in total. The molecular weight excluding hydrogens is 312 g/mol. The average molecular weight is 339 g/mol.